The number of aromatic nitrogens is 1. The molecular weight excluding hydrogens is 414 g/mol. The number of carbonyl (C=O) groups excluding carboxylic acids is 1. The Hall–Kier alpha value is -2.93. The van der Waals surface area contributed by atoms with E-state index in [0.29, 0.717) is 35.7 Å². The molecule has 3 aromatic rings. The molecule has 1 aliphatic heterocycles. The first-order valence-electron chi connectivity index (χ1n) is 9.56. The number of ether oxygens (including phenoxy) is 1. The van der Waals surface area contributed by atoms with E-state index < -0.39 is 11.6 Å². The summed E-state index contributed by atoms with van der Waals surface area (Å²) in [4.78, 5) is 18.6. The third-order valence-electron chi connectivity index (χ3n) is 4.97. The number of hydrogen-bond donors (Lipinski definition) is 0. The van der Waals surface area contributed by atoms with Crippen molar-refractivity contribution in [2.24, 2.45) is 0 Å². The Kier molecular flexibility index (Phi) is 5.99. The molecular formula is C22H19ClF2N2O3. The lowest BCUT2D eigenvalue weighted by Gasteiger charge is -2.22. The van der Waals surface area contributed by atoms with Crippen molar-refractivity contribution >= 4 is 17.5 Å². The molecule has 1 amide bonds. The van der Waals surface area contributed by atoms with Crippen LogP contribution in [0.25, 0.3) is 0 Å². The monoisotopic (exact) mass is 432 g/mol. The van der Waals surface area contributed by atoms with Crippen molar-refractivity contribution in [3.63, 3.8) is 0 Å². The number of carbonyl (C=O) groups is 1. The molecule has 1 aliphatic rings. The summed E-state index contributed by atoms with van der Waals surface area (Å²) in [5.74, 6) is -0.862. The summed E-state index contributed by atoms with van der Waals surface area (Å²) in [7, 11) is 0. The number of benzene rings is 2. The molecule has 1 saturated heterocycles. The van der Waals surface area contributed by atoms with E-state index in [-0.39, 0.29) is 24.3 Å². The summed E-state index contributed by atoms with van der Waals surface area (Å²) >= 11 is 5.91. The van der Waals surface area contributed by atoms with Crippen LogP contribution in [0.1, 0.15) is 36.1 Å². The molecule has 0 radical (unpaired) electrons. The molecule has 0 bridgehead atoms. The van der Waals surface area contributed by atoms with Gasteiger partial charge in [-0.1, -0.05) is 23.7 Å². The van der Waals surface area contributed by atoms with Gasteiger partial charge in [-0.05, 0) is 42.7 Å². The fourth-order valence-corrected chi connectivity index (χ4v) is 3.62. The van der Waals surface area contributed by atoms with Gasteiger partial charge < -0.3 is 14.1 Å². The SMILES string of the molecule is O=C(COc1ccc(F)cc1F)N1CCCC1c1ncc(Cc2ccc(Cl)cc2)o1. The highest BCUT2D eigenvalue weighted by molar-refractivity contribution is 6.30. The van der Waals surface area contributed by atoms with Crippen LogP contribution in [0.4, 0.5) is 8.78 Å². The van der Waals surface area contributed by atoms with Crippen LogP contribution in [-0.4, -0.2) is 28.9 Å². The maximum absolute atomic E-state index is 13.7. The predicted octanol–water partition coefficient (Wildman–Crippen LogP) is 4.94. The molecule has 2 heterocycles. The third-order valence-corrected chi connectivity index (χ3v) is 5.22. The van der Waals surface area contributed by atoms with Crippen LogP contribution in [0.2, 0.25) is 5.02 Å². The average Bonchev–Trinajstić information content (AvgIpc) is 3.38. The predicted molar refractivity (Wildman–Crippen MR) is 106 cm³/mol. The quantitative estimate of drug-likeness (QED) is 0.553. The van der Waals surface area contributed by atoms with Gasteiger partial charge in [0.05, 0.1) is 6.20 Å². The minimum atomic E-state index is -0.847. The zero-order chi connectivity index (χ0) is 21.1. The summed E-state index contributed by atoms with van der Waals surface area (Å²) in [6, 6.07) is 10.1. The van der Waals surface area contributed by atoms with Crippen molar-refractivity contribution in [1.29, 1.82) is 0 Å². The van der Waals surface area contributed by atoms with Crippen LogP contribution in [0.15, 0.2) is 53.1 Å². The first kappa shape index (κ1) is 20.3. The van der Waals surface area contributed by atoms with Crippen molar-refractivity contribution < 1.29 is 22.7 Å². The number of hydrogen-bond acceptors (Lipinski definition) is 4. The number of amides is 1. The second-order valence-corrected chi connectivity index (χ2v) is 7.51. The van der Waals surface area contributed by atoms with Gasteiger partial charge in [-0.25, -0.2) is 13.8 Å². The van der Waals surface area contributed by atoms with E-state index in [0.717, 1.165) is 30.5 Å². The van der Waals surface area contributed by atoms with Gasteiger partial charge in [-0.3, -0.25) is 4.79 Å². The van der Waals surface area contributed by atoms with E-state index in [1.165, 1.54) is 0 Å². The van der Waals surface area contributed by atoms with Crippen LogP contribution < -0.4 is 4.74 Å². The number of nitrogens with zero attached hydrogens (tertiary/aromatic N) is 2. The number of rotatable bonds is 6. The largest absolute Gasteiger partial charge is 0.481 e. The van der Waals surface area contributed by atoms with Crippen molar-refractivity contribution in [3.8, 4) is 5.75 Å². The third kappa shape index (κ3) is 4.62. The van der Waals surface area contributed by atoms with Gasteiger partial charge in [0.1, 0.15) is 17.6 Å². The van der Waals surface area contributed by atoms with Crippen LogP contribution >= 0.6 is 11.6 Å². The Morgan fingerprint density at radius 2 is 2.03 bits per heavy atom. The molecule has 1 unspecified atom stereocenters. The van der Waals surface area contributed by atoms with E-state index in [4.69, 9.17) is 20.8 Å². The van der Waals surface area contributed by atoms with E-state index >= 15 is 0 Å². The Morgan fingerprint density at radius 1 is 1.23 bits per heavy atom. The van der Waals surface area contributed by atoms with Gasteiger partial charge in [-0.15, -0.1) is 0 Å². The first-order valence-corrected chi connectivity index (χ1v) is 9.94. The molecule has 4 rings (SSSR count). The lowest BCUT2D eigenvalue weighted by atomic mass is 10.1. The molecule has 156 valence electrons. The van der Waals surface area contributed by atoms with Crippen molar-refractivity contribution in [3.05, 3.63) is 82.5 Å². The molecule has 1 aromatic heterocycles. The summed E-state index contributed by atoms with van der Waals surface area (Å²) in [5, 5.41) is 0.667. The number of likely N-dealkylation sites (tertiary alicyclic amines) is 1. The molecule has 30 heavy (non-hydrogen) atoms. The Bertz CT molecular complexity index is 1040. The Labute approximate surface area is 177 Å². The molecule has 2 aromatic carbocycles. The molecule has 0 aliphatic carbocycles. The molecule has 0 spiro atoms. The molecule has 1 atom stereocenters. The van der Waals surface area contributed by atoms with Gasteiger partial charge >= 0.3 is 0 Å². The smallest absolute Gasteiger partial charge is 0.261 e. The molecule has 1 fully saturated rings. The molecule has 8 heteroatoms. The lowest BCUT2D eigenvalue weighted by Crippen LogP contribution is -2.34. The van der Waals surface area contributed by atoms with Crippen LogP contribution in [-0.2, 0) is 11.2 Å². The maximum atomic E-state index is 13.7. The topological polar surface area (TPSA) is 55.6 Å². The Morgan fingerprint density at radius 3 is 2.80 bits per heavy atom. The van der Waals surface area contributed by atoms with E-state index in [1.54, 1.807) is 11.1 Å². The standard InChI is InChI=1S/C22H19ClF2N2O3/c23-15-5-3-14(4-6-15)10-17-12-26-22(30-17)19-2-1-9-27(19)21(28)13-29-20-8-7-16(24)11-18(20)25/h3-8,11-12,19H,1-2,9-10,13H2. The van der Waals surface area contributed by atoms with Gasteiger partial charge in [0.2, 0.25) is 5.89 Å². The number of oxazole rings is 1. The van der Waals surface area contributed by atoms with Crippen LogP contribution in [0.5, 0.6) is 5.75 Å². The van der Waals surface area contributed by atoms with E-state index in [1.807, 2.05) is 24.3 Å². The highest BCUT2D eigenvalue weighted by Crippen LogP contribution is 2.32. The van der Waals surface area contributed by atoms with Crippen molar-refractivity contribution in [2.75, 3.05) is 13.2 Å². The lowest BCUT2D eigenvalue weighted by molar-refractivity contribution is -0.134. The normalized spacial score (nSPS) is 16.1. The number of halogens is 3. The van der Waals surface area contributed by atoms with Gasteiger partial charge in [0, 0.05) is 24.1 Å². The minimum Gasteiger partial charge on any atom is -0.481 e. The summed E-state index contributed by atoms with van der Waals surface area (Å²) in [6.07, 6.45) is 3.75. The molecule has 5 nitrogen and oxygen atoms in total. The van der Waals surface area contributed by atoms with Crippen LogP contribution in [0.3, 0.4) is 0 Å². The first-order chi connectivity index (χ1) is 14.5. The van der Waals surface area contributed by atoms with E-state index in [9.17, 15) is 13.6 Å². The fourth-order valence-electron chi connectivity index (χ4n) is 3.50. The zero-order valence-electron chi connectivity index (χ0n) is 16.0. The zero-order valence-corrected chi connectivity index (χ0v) is 16.7. The Balaban J connectivity index is 1.40. The maximum Gasteiger partial charge on any atom is 0.261 e. The van der Waals surface area contributed by atoms with Crippen molar-refractivity contribution in [2.45, 2.75) is 25.3 Å². The summed E-state index contributed by atoms with van der Waals surface area (Å²) in [6.45, 7) is 0.186. The summed E-state index contributed by atoms with van der Waals surface area (Å²) in [5.41, 5.74) is 1.04. The van der Waals surface area contributed by atoms with Gasteiger partial charge in [0.25, 0.3) is 5.91 Å². The van der Waals surface area contributed by atoms with Crippen molar-refractivity contribution in [1.82, 2.24) is 9.88 Å². The second kappa shape index (κ2) is 8.83. The molecule has 0 saturated carbocycles. The average molecular weight is 433 g/mol. The van der Waals surface area contributed by atoms with E-state index in [2.05, 4.69) is 4.98 Å². The molecule has 0 N–H and O–H groups in total. The highest BCUT2D eigenvalue weighted by Gasteiger charge is 2.33. The fraction of sp³-hybridized carbons (Fsp3) is 0.273. The van der Waals surface area contributed by atoms with Crippen LogP contribution in [0, 0.1) is 11.6 Å². The van der Waals surface area contributed by atoms with Gasteiger partial charge in [0.15, 0.2) is 18.2 Å². The minimum absolute atomic E-state index is 0.165. The highest BCUT2D eigenvalue weighted by atomic mass is 35.5. The van der Waals surface area contributed by atoms with Gasteiger partial charge in [-0.2, -0.15) is 0 Å². The second-order valence-electron chi connectivity index (χ2n) is 7.08. The summed E-state index contributed by atoms with van der Waals surface area (Å²) < 4.78 is 37.8.